The van der Waals surface area contributed by atoms with Gasteiger partial charge in [0.1, 0.15) is 17.2 Å². The third-order valence-corrected chi connectivity index (χ3v) is 24.1. The van der Waals surface area contributed by atoms with Crippen LogP contribution in [0.25, 0.3) is 65.4 Å². The molecule has 6 N–H and O–H groups in total. The SMILES string of the molecule is COc1cc2c(cc1OC)CN(CCc1ccc(NC(=O)c3cccc4c(=O)c5cccc(OC)c5[nH]c34)cc1)CC2.COc1cc2c(cc1OC)CN(CCc1ccc(NC(=O)c3cccc4c(=O)c5cccc(OC)c5[nH]c34)cc1)CC2.COc1cc2c(cc1OC)CN(CCc1ccc(NC(=O)c3cccc4c(=O)c5cccc(OC)c5[nH]c34)cc1)CC2. The lowest BCUT2D eigenvalue weighted by Crippen LogP contribution is -2.32. The molecule has 0 saturated heterocycles. The minimum Gasteiger partial charge on any atom is -0.495 e. The van der Waals surface area contributed by atoms with E-state index < -0.39 is 0 Å². The lowest BCUT2D eigenvalue weighted by Gasteiger charge is -2.29. The van der Waals surface area contributed by atoms with E-state index in [1.165, 1.54) is 50.1 Å². The summed E-state index contributed by atoms with van der Waals surface area (Å²) in [6, 6.07) is 67.8. The Balaban J connectivity index is 0.000000139. The minimum absolute atomic E-state index is 0.146. The van der Waals surface area contributed by atoms with Gasteiger partial charge < -0.3 is 73.5 Å². The summed E-state index contributed by atoms with van der Waals surface area (Å²) >= 11 is 0. The molecule has 0 fully saturated rings. The van der Waals surface area contributed by atoms with Gasteiger partial charge in [-0.3, -0.25) is 43.5 Å². The Morgan fingerprint density at radius 2 is 0.500 bits per heavy atom. The highest BCUT2D eigenvalue weighted by Gasteiger charge is 2.26. The average Bonchev–Trinajstić information content (AvgIpc) is 0.761. The summed E-state index contributed by atoms with van der Waals surface area (Å²) in [4.78, 5) is 96.8. The molecule has 0 radical (unpaired) electrons. The number of pyridine rings is 3. The summed E-state index contributed by atoms with van der Waals surface area (Å²) in [6.07, 6.45) is 5.62. The van der Waals surface area contributed by atoms with Gasteiger partial charge in [0.25, 0.3) is 17.7 Å². The van der Waals surface area contributed by atoms with E-state index in [4.69, 9.17) is 42.6 Å². The molecule has 3 aromatic heterocycles. The van der Waals surface area contributed by atoms with Crippen LogP contribution in [0.4, 0.5) is 17.1 Å². The fraction of sp³-hybridized carbons (Fsp3) is 0.235. The summed E-state index contributed by atoms with van der Waals surface area (Å²) in [5.41, 5.74) is 17.3. The standard InChI is InChI=1S/3C34H33N3O5/c3*1-40-28-9-5-7-26-32(28)36-31-25(33(26)38)6-4-8-27(31)34(39)35-24-12-10-21(11-13-24)14-16-37-17-15-22-18-29(41-2)30(42-3)19-23(22)20-37/h3*4-13,18-19H,14-17,20H2,1-3H3,(H,35,39)(H,36,38). The molecule has 0 spiro atoms. The van der Waals surface area contributed by atoms with E-state index in [2.05, 4.69) is 82.0 Å². The molecule has 642 valence electrons. The molecule has 18 rings (SSSR count). The van der Waals surface area contributed by atoms with Gasteiger partial charge in [-0.1, -0.05) is 72.8 Å². The van der Waals surface area contributed by atoms with Gasteiger partial charge in [0, 0.05) is 108 Å². The zero-order chi connectivity index (χ0) is 87.6. The van der Waals surface area contributed by atoms with Crippen LogP contribution in [-0.4, -0.2) is 151 Å². The second kappa shape index (κ2) is 38.1. The molecular weight excluding hydrogens is 1590 g/mol. The molecule has 24 nitrogen and oxygen atoms in total. The van der Waals surface area contributed by atoms with Gasteiger partial charge >= 0.3 is 0 Å². The quantitative estimate of drug-likeness (QED) is 0.0307. The topological polar surface area (TPSA) is 279 Å². The van der Waals surface area contributed by atoms with E-state index in [-0.39, 0.29) is 34.0 Å². The van der Waals surface area contributed by atoms with Crippen LogP contribution in [0.3, 0.4) is 0 Å². The minimum atomic E-state index is -0.294. The number of rotatable bonds is 24. The predicted molar refractivity (Wildman–Crippen MR) is 496 cm³/mol. The van der Waals surface area contributed by atoms with Crippen molar-refractivity contribution >= 4 is 100 Å². The maximum absolute atomic E-state index is 13.3. The Morgan fingerprint density at radius 3 is 0.738 bits per heavy atom. The fourth-order valence-corrected chi connectivity index (χ4v) is 17.2. The Bertz CT molecular complexity index is 6180. The lowest BCUT2D eigenvalue weighted by molar-refractivity contribution is 0.102. The van der Waals surface area contributed by atoms with Crippen molar-refractivity contribution < 1.29 is 57.0 Å². The largest absolute Gasteiger partial charge is 0.495 e. The number of nitrogens with zero attached hydrogens (tertiary/aromatic N) is 3. The molecule has 0 unspecified atom stereocenters. The number of benzene rings is 12. The van der Waals surface area contributed by atoms with Crippen molar-refractivity contribution in [2.75, 3.05) is 119 Å². The lowest BCUT2D eigenvalue weighted by atomic mass is 9.98. The van der Waals surface area contributed by atoms with Crippen molar-refractivity contribution in [1.82, 2.24) is 29.7 Å². The van der Waals surface area contributed by atoms with Crippen LogP contribution >= 0.6 is 0 Å². The number of para-hydroxylation sites is 6. The van der Waals surface area contributed by atoms with E-state index in [1.807, 2.05) is 72.8 Å². The second-order valence-corrected chi connectivity index (χ2v) is 31.4. The van der Waals surface area contributed by atoms with Crippen LogP contribution in [0.1, 0.15) is 81.1 Å². The normalized spacial score (nSPS) is 13.1. The van der Waals surface area contributed by atoms with Crippen LogP contribution < -0.4 is 74.9 Å². The monoisotopic (exact) mass is 1690 g/mol. The smallest absolute Gasteiger partial charge is 0.257 e. The molecule has 3 aliphatic heterocycles. The second-order valence-electron chi connectivity index (χ2n) is 31.4. The van der Waals surface area contributed by atoms with Crippen molar-refractivity contribution in [3.05, 3.63) is 316 Å². The van der Waals surface area contributed by atoms with Crippen LogP contribution in [0, 0.1) is 0 Å². The first kappa shape index (κ1) is 85.1. The number of amides is 3. The van der Waals surface area contributed by atoms with Gasteiger partial charge in [-0.25, -0.2) is 0 Å². The molecule has 12 aromatic carbocycles. The van der Waals surface area contributed by atoms with Gasteiger partial charge in [0.05, 0.1) is 114 Å². The molecule has 3 amide bonds. The van der Waals surface area contributed by atoms with Gasteiger partial charge in [0.2, 0.25) is 0 Å². The molecular formula is C102H99N9O15. The highest BCUT2D eigenvalue weighted by molar-refractivity contribution is 6.16. The van der Waals surface area contributed by atoms with Gasteiger partial charge in [-0.05, 0) is 234 Å². The number of methoxy groups -OCH3 is 9. The van der Waals surface area contributed by atoms with Crippen molar-refractivity contribution in [2.45, 2.75) is 58.2 Å². The van der Waals surface area contributed by atoms with Crippen molar-refractivity contribution in [3.63, 3.8) is 0 Å². The number of hydrogen-bond donors (Lipinski definition) is 6. The summed E-state index contributed by atoms with van der Waals surface area (Å²) in [7, 11) is 14.7. The number of aromatic amines is 3. The number of carbonyl (C=O) groups is 3. The number of aromatic nitrogens is 3. The molecule has 0 aliphatic carbocycles. The van der Waals surface area contributed by atoms with E-state index in [0.717, 1.165) is 132 Å². The highest BCUT2D eigenvalue weighted by Crippen LogP contribution is 2.38. The number of fused-ring (bicyclic) bond motifs is 9. The number of carbonyl (C=O) groups excluding carboxylic acids is 3. The van der Waals surface area contributed by atoms with E-state index >= 15 is 0 Å². The third kappa shape index (κ3) is 18.0. The molecule has 15 aromatic rings. The van der Waals surface area contributed by atoms with E-state index in [1.54, 1.807) is 173 Å². The van der Waals surface area contributed by atoms with Gasteiger partial charge in [-0.2, -0.15) is 0 Å². The number of anilines is 3. The van der Waals surface area contributed by atoms with Crippen molar-refractivity contribution in [3.8, 4) is 51.7 Å². The van der Waals surface area contributed by atoms with E-state index in [0.29, 0.717) is 116 Å². The van der Waals surface area contributed by atoms with Crippen LogP contribution in [0.2, 0.25) is 0 Å². The van der Waals surface area contributed by atoms with Gasteiger partial charge in [0.15, 0.2) is 50.8 Å². The van der Waals surface area contributed by atoms with Crippen molar-refractivity contribution in [1.29, 1.82) is 0 Å². The average molecular weight is 1690 g/mol. The van der Waals surface area contributed by atoms with Crippen LogP contribution in [0.15, 0.2) is 233 Å². The number of H-pyrrole nitrogens is 3. The third-order valence-electron chi connectivity index (χ3n) is 24.1. The Labute approximate surface area is 727 Å². The molecule has 0 saturated carbocycles. The summed E-state index contributed by atoms with van der Waals surface area (Å²) in [5.74, 6) is 5.38. The highest BCUT2D eigenvalue weighted by atomic mass is 16.5. The first-order chi connectivity index (χ1) is 61.4. The predicted octanol–water partition coefficient (Wildman–Crippen LogP) is 16.7. The summed E-state index contributed by atoms with van der Waals surface area (Å²) in [6.45, 7) is 8.38. The molecule has 126 heavy (non-hydrogen) atoms. The van der Waals surface area contributed by atoms with E-state index in [9.17, 15) is 28.8 Å². The summed E-state index contributed by atoms with van der Waals surface area (Å²) < 4.78 is 49.2. The molecule has 24 heteroatoms. The fourth-order valence-electron chi connectivity index (χ4n) is 17.2. The van der Waals surface area contributed by atoms with Crippen LogP contribution in [-0.2, 0) is 58.2 Å². The Morgan fingerprint density at radius 1 is 0.278 bits per heavy atom. The molecule has 3 aliphatic rings. The zero-order valence-corrected chi connectivity index (χ0v) is 71.9. The first-order valence-corrected chi connectivity index (χ1v) is 41.9. The Kier molecular flexibility index (Phi) is 25.7. The zero-order valence-electron chi connectivity index (χ0n) is 71.9. The molecule has 6 heterocycles. The number of ether oxygens (including phenoxy) is 9. The summed E-state index contributed by atoms with van der Waals surface area (Å²) in [5, 5.41) is 11.9. The van der Waals surface area contributed by atoms with Gasteiger partial charge in [-0.15, -0.1) is 0 Å². The first-order valence-electron chi connectivity index (χ1n) is 41.9. The Hall–Kier alpha value is -14.5. The van der Waals surface area contributed by atoms with Crippen LogP contribution in [0.5, 0.6) is 51.7 Å². The molecule has 0 bridgehead atoms. The maximum Gasteiger partial charge on any atom is 0.257 e. The number of hydrogen-bond acceptors (Lipinski definition) is 18. The van der Waals surface area contributed by atoms with Crippen molar-refractivity contribution in [2.24, 2.45) is 0 Å². The maximum atomic E-state index is 13.3. The number of nitrogens with one attached hydrogen (secondary N) is 6. The molecule has 0 atom stereocenters.